The van der Waals surface area contributed by atoms with Gasteiger partial charge in [0, 0.05) is 0 Å². The molecule has 0 amide bonds. The van der Waals surface area contributed by atoms with Crippen LogP contribution in [0.25, 0.3) is 0 Å². The molecule has 4 aliphatic heterocycles. The predicted octanol–water partition coefficient (Wildman–Crippen LogP) is 8.53. The van der Waals surface area contributed by atoms with Crippen molar-refractivity contribution in [1.29, 1.82) is 0 Å². The SMILES string of the molecule is C1CC2CC1C1CC3OC3C21.C1CC2CC1C1OC21.CCC(C)(C)C(=O)OC.CCC(C)(C)C(=O)OC.CCC(C)(C)C(=O)OCC1CO1.CCC(C)C(=O)OCC1CO1. The Kier molecular flexibility index (Phi) is 18.4. The molecule has 13 unspecified atom stereocenters. The zero-order valence-electron chi connectivity index (χ0n) is 39.5. The van der Waals surface area contributed by atoms with E-state index in [-0.39, 0.29) is 58.2 Å². The van der Waals surface area contributed by atoms with E-state index < -0.39 is 0 Å². The topological polar surface area (TPSA) is 155 Å². The minimum Gasteiger partial charge on any atom is -0.469 e. The van der Waals surface area contributed by atoms with Crippen molar-refractivity contribution >= 4 is 23.9 Å². The number of carbonyl (C=O) groups is 4. The summed E-state index contributed by atoms with van der Waals surface area (Å²) >= 11 is 0. The molecule has 4 saturated heterocycles. The summed E-state index contributed by atoms with van der Waals surface area (Å²) in [5, 5.41) is 0. The first kappa shape index (κ1) is 50.4. The third-order valence-electron chi connectivity index (χ3n) is 15.0. The number of rotatable bonds is 12. The van der Waals surface area contributed by atoms with Crippen LogP contribution in [0.5, 0.6) is 0 Å². The van der Waals surface area contributed by atoms with Crippen LogP contribution in [0.4, 0.5) is 0 Å². The lowest BCUT2D eigenvalue weighted by molar-refractivity contribution is -0.154. The summed E-state index contributed by atoms with van der Waals surface area (Å²) in [6.45, 7) is 23.4. The second-order valence-electron chi connectivity index (χ2n) is 20.5. The molecule has 0 N–H and O–H groups in total. The summed E-state index contributed by atoms with van der Waals surface area (Å²) < 4.78 is 40.0. The van der Waals surface area contributed by atoms with Crippen molar-refractivity contribution in [3.8, 4) is 0 Å². The van der Waals surface area contributed by atoms with Gasteiger partial charge in [-0.15, -0.1) is 0 Å². The molecule has 0 aromatic rings. The molecule has 0 spiro atoms. The summed E-state index contributed by atoms with van der Waals surface area (Å²) in [6, 6.07) is 0. The third-order valence-corrected chi connectivity index (χ3v) is 15.0. The van der Waals surface area contributed by atoms with Gasteiger partial charge in [-0.1, -0.05) is 34.6 Å². The van der Waals surface area contributed by atoms with E-state index >= 15 is 0 Å². The van der Waals surface area contributed by atoms with Crippen LogP contribution >= 0.6 is 0 Å². The van der Waals surface area contributed by atoms with Crippen molar-refractivity contribution in [2.75, 3.05) is 40.6 Å². The van der Waals surface area contributed by atoms with Crippen LogP contribution in [-0.4, -0.2) is 101 Å². The molecule has 346 valence electrons. The summed E-state index contributed by atoms with van der Waals surface area (Å²) in [5.74, 6) is 5.85. The van der Waals surface area contributed by atoms with Gasteiger partial charge in [0.1, 0.15) is 25.4 Å². The van der Waals surface area contributed by atoms with Crippen LogP contribution in [-0.2, 0) is 57.1 Å². The molecule has 12 heteroatoms. The van der Waals surface area contributed by atoms with Crippen molar-refractivity contribution in [2.24, 2.45) is 57.7 Å². The predicted molar refractivity (Wildman–Crippen MR) is 228 cm³/mol. The monoisotopic (exact) mass is 851 g/mol. The van der Waals surface area contributed by atoms with Gasteiger partial charge in [-0.3, -0.25) is 19.2 Å². The first-order valence-corrected chi connectivity index (χ1v) is 23.3. The number of methoxy groups -OCH3 is 2. The molecular weight excluding hydrogens is 769 g/mol. The van der Waals surface area contributed by atoms with Gasteiger partial charge >= 0.3 is 23.9 Å². The minimum absolute atomic E-state index is 0.0220. The van der Waals surface area contributed by atoms with E-state index in [1.807, 2.05) is 76.2 Å². The van der Waals surface area contributed by atoms with Gasteiger partial charge in [-0.25, -0.2) is 0 Å². The maximum absolute atomic E-state index is 11.4. The molecule has 13 atom stereocenters. The lowest BCUT2D eigenvalue weighted by Gasteiger charge is -2.25. The number of fused-ring (bicyclic) bond motifs is 12. The van der Waals surface area contributed by atoms with Crippen LogP contribution in [0, 0.1) is 57.7 Å². The first-order valence-electron chi connectivity index (χ1n) is 23.3. The fourth-order valence-corrected chi connectivity index (χ4v) is 8.98. The van der Waals surface area contributed by atoms with E-state index in [0.29, 0.717) is 13.2 Å². The Labute approximate surface area is 361 Å². The normalized spacial score (nSPS) is 33.8. The second kappa shape index (κ2) is 21.9. The molecule has 5 aliphatic carbocycles. The Balaban J connectivity index is 0.000000160. The molecule has 9 fully saturated rings. The number of carbonyl (C=O) groups excluding carboxylic acids is 4. The van der Waals surface area contributed by atoms with Crippen LogP contribution < -0.4 is 0 Å². The highest BCUT2D eigenvalue weighted by Crippen LogP contribution is 2.64. The highest BCUT2D eigenvalue weighted by molar-refractivity contribution is 5.76. The molecule has 0 aromatic heterocycles. The van der Waals surface area contributed by atoms with E-state index in [1.54, 1.807) is 12.8 Å². The van der Waals surface area contributed by atoms with Crippen molar-refractivity contribution in [1.82, 2.24) is 0 Å². The molecular formula is C48H82O12. The summed E-state index contributed by atoms with van der Waals surface area (Å²) in [6.07, 6.45) is 17.1. The Morgan fingerprint density at radius 3 is 1.40 bits per heavy atom. The molecule has 9 rings (SSSR count). The van der Waals surface area contributed by atoms with E-state index in [9.17, 15) is 19.2 Å². The summed E-state index contributed by atoms with van der Waals surface area (Å²) in [7, 11) is 2.83. The Hall–Kier alpha value is -2.28. The van der Waals surface area contributed by atoms with Gasteiger partial charge in [-0.2, -0.15) is 0 Å². The zero-order chi connectivity index (χ0) is 44.6. The van der Waals surface area contributed by atoms with E-state index in [0.717, 1.165) is 98.8 Å². The molecule has 60 heavy (non-hydrogen) atoms. The average molecular weight is 851 g/mol. The summed E-state index contributed by atoms with van der Waals surface area (Å²) in [5.41, 5.74) is -0.974. The highest BCUT2D eigenvalue weighted by Gasteiger charge is 2.64. The Bertz CT molecular complexity index is 1360. The van der Waals surface area contributed by atoms with Crippen LogP contribution in [0.15, 0.2) is 0 Å². The Morgan fingerprint density at radius 1 is 0.583 bits per heavy atom. The number of esters is 4. The Morgan fingerprint density at radius 2 is 1.02 bits per heavy atom. The fraction of sp³-hybridized carbons (Fsp3) is 0.917. The molecule has 4 heterocycles. The standard InChI is InChI=1S/C10H14O.C9H16O3.C8H14O3.2C7H14O2.C7H10O/c1-2-6-3-5(1)7-4-8-10(11-8)9(6)7;1-4-9(2,3)8(10)12-6-7-5-11-7;1-3-6(2)8(9)11-5-7-4-10-7;2*1-5-7(2,3)6(8)9-4;1-2-5-3-4(1)6-7(5)8-6/h5-10H,1-4H2;7H,4-6H2,1-3H3;6-7H,3-5H2,1-2H3;2*5H2,1-4H3;4-7H,1-3H2. The highest BCUT2D eigenvalue weighted by atomic mass is 16.6. The van der Waals surface area contributed by atoms with Crippen molar-refractivity contribution in [3.05, 3.63) is 0 Å². The zero-order valence-corrected chi connectivity index (χ0v) is 39.5. The second-order valence-corrected chi connectivity index (χ2v) is 20.5. The first-order chi connectivity index (χ1) is 28.3. The van der Waals surface area contributed by atoms with Gasteiger partial charge in [0.05, 0.1) is 74.0 Å². The number of epoxide rings is 4. The van der Waals surface area contributed by atoms with E-state index in [1.165, 1.54) is 46.3 Å². The molecule has 0 radical (unpaired) electrons. The molecule has 9 aliphatic rings. The van der Waals surface area contributed by atoms with Gasteiger partial charge < -0.3 is 37.9 Å². The molecule has 0 aromatic carbocycles. The van der Waals surface area contributed by atoms with Gasteiger partial charge in [0.25, 0.3) is 0 Å². The molecule has 5 saturated carbocycles. The van der Waals surface area contributed by atoms with Crippen molar-refractivity contribution in [2.45, 2.75) is 183 Å². The van der Waals surface area contributed by atoms with Crippen LogP contribution in [0.1, 0.15) is 147 Å². The quantitative estimate of drug-likeness (QED) is 0.105. The number of hydrogen-bond donors (Lipinski definition) is 0. The maximum atomic E-state index is 11.4. The van der Waals surface area contributed by atoms with Crippen molar-refractivity contribution in [3.63, 3.8) is 0 Å². The van der Waals surface area contributed by atoms with E-state index in [2.05, 4.69) is 9.47 Å². The number of hydrogen-bond acceptors (Lipinski definition) is 12. The van der Waals surface area contributed by atoms with Crippen LogP contribution in [0.3, 0.4) is 0 Å². The smallest absolute Gasteiger partial charge is 0.311 e. The van der Waals surface area contributed by atoms with Gasteiger partial charge in [0.15, 0.2) is 0 Å². The molecule has 4 bridgehead atoms. The van der Waals surface area contributed by atoms with Crippen LogP contribution in [0.2, 0.25) is 0 Å². The largest absolute Gasteiger partial charge is 0.469 e. The maximum Gasteiger partial charge on any atom is 0.311 e. The fourth-order valence-electron chi connectivity index (χ4n) is 8.98. The minimum atomic E-state index is -0.352. The number of ether oxygens (including phenoxy) is 8. The van der Waals surface area contributed by atoms with Gasteiger partial charge in [0.2, 0.25) is 0 Å². The summed E-state index contributed by atoms with van der Waals surface area (Å²) in [4.78, 5) is 44.1. The van der Waals surface area contributed by atoms with Gasteiger partial charge in [-0.05, 0) is 148 Å². The van der Waals surface area contributed by atoms with Crippen molar-refractivity contribution < 1.29 is 57.1 Å². The molecule has 12 nitrogen and oxygen atoms in total. The lowest BCUT2D eigenvalue weighted by atomic mass is 9.81. The van der Waals surface area contributed by atoms with E-state index in [4.69, 9.17) is 28.4 Å². The third kappa shape index (κ3) is 14.1. The average Bonchev–Trinajstić information content (AvgIpc) is 4.22. The lowest BCUT2D eigenvalue weighted by Crippen LogP contribution is -2.27.